The van der Waals surface area contributed by atoms with Gasteiger partial charge in [-0.05, 0) is 25.2 Å². The molecule has 0 bridgehead atoms. The minimum absolute atomic E-state index is 0.848. The van der Waals surface area contributed by atoms with Gasteiger partial charge in [0.2, 0.25) is 0 Å². The summed E-state index contributed by atoms with van der Waals surface area (Å²) in [6.07, 6.45) is 5.82. The molecule has 2 heterocycles. The maximum Gasteiger partial charge on any atom is 0.109 e. The van der Waals surface area contributed by atoms with E-state index in [1.807, 2.05) is 6.20 Å². The zero-order chi connectivity index (χ0) is 10.1. The lowest BCUT2D eigenvalue weighted by Crippen LogP contribution is -2.24. The molecule has 1 aliphatic rings. The van der Waals surface area contributed by atoms with Crippen molar-refractivity contribution in [3.63, 3.8) is 0 Å². The van der Waals surface area contributed by atoms with Crippen molar-refractivity contribution in [1.82, 2.24) is 9.55 Å². The largest absolute Gasteiger partial charge is 0.332 e. The van der Waals surface area contributed by atoms with Gasteiger partial charge in [-0.1, -0.05) is 20.3 Å². The summed E-state index contributed by atoms with van der Waals surface area (Å²) in [6, 6.07) is 0. The van der Waals surface area contributed by atoms with Gasteiger partial charge in [0, 0.05) is 24.9 Å². The SMILES string of the molecule is CCC(C)C1CCn2c(C)cnc2C1. The van der Waals surface area contributed by atoms with Crippen LogP contribution in [0.1, 0.15) is 38.2 Å². The van der Waals surface area contributed by atoms with E-state index in [0.29, 0.717) is 0 Å². The Labute approximate surface area is 86.3 Å². The minimum atomic E-state index is 0.848. The highest BCUT2D eigenvalue weighted by Crippen LogP contribution is 2.28. The second-order valence-corrected chi connectivity index (χ2v) is 4.61. The quantitative estimate of drug-likeness (QED) is 0.704. The second kappa shape index (κ2) is 3.76. The molecule has 0 spiro atoms. The van der Waals surface area contributed by atoms with Crippen molar-refractivity contribution in [3.8, 4) is 0 Å². The number of aromatic nitrogens is 2. The topological polar surface area (TPSA) is 17.8 Å². The van der Waals surface area contributed by atoms with Crippen molar-refractivity contribution in [3.05, 3.63) is 17.7 Å². The van der Waals surface area contributed by atoms with Crippen molar-refractivity contribution >= 4 is 0 Å². The summed E-state index contributed by atoms with van der Waals surface area (Å²) in [5, 5.41) is 0. The number of imidazole rings is 1. The first-order valence-electron chi connectivity index (χ1n) is 5.73. The number of nitrogens with zero attached hydrogens (tertiary/aromatic N) is 2. The van der Waals surface area contributed by atoms with Crippen molar-refractivity contribution in [2.75, 3.05) is 0 Å². The molecule has 0 aromatic carbocycles. The highest BCUT2D eigenvalue weighted by Gasteiger charge is 2.23. The number of hydrogen-bond acceptors (Lipinski definition) is 1. The lowest BCUT2D eigenvalue weighted by molar-refractivity contribution is 0.274. The van der Waals surface area contributed by atoms with E-state index in [1.165, 1.54) is 37.3 Å². The van der Waals surface area contributed by atoms with Crippen LogP contribution in [-0.2, 0) is 13.0 Å². The molecule has 0 N–H and O–H groups in total. The molecule has 0 radical (unpaired) electrons. The maximum atomic E-state index is 4.49. The molecule has 0 saturated carbocycles. The third-order valence-electron chi connectivity index (χ3n) is 3.75. The van der Waals surface area contributed by atoms with Crippen LogP contribution >= 0.6 is 0 Å². The van der Waals surface area contributed by atoms with Crippen molar-refractivity contribution in [2.24, 2.45) is 11.8 Å². The van der Waals surface area contributed by atoms with Gasteiger partial charge in [0.1, 0.15) is 5.82 Å². The molecule has 78 valence electrons. The minimum Gasteiger partial charge on any atom is -0.332 e. The Morgan fingerprint density at radius 1 is 1.64 bits per heavy atom. The molecule has 2 rings (SSSR count). The van der Waals surface area contributed by atoms with Gasteiger partial charge in [-0.2, -0.15) is 0 Å². The molecule has 0 fully saturated rings. The second-order valence-electron chi connectivity index (χ2n) is 4.61. The van der Waals surface area contributed by atoms with E-state index in [4.69, 9.17) is 0 Å². The number of rotatable bonds is 2. The molecule has 1 aromatic heterocycles. The summed E-state index contributed by atoms with van der Waals surface area (Å²) >= 11 is 0. The molecule has 2 heteroatoms. The smallest absolute Gasteiger partial charge is 0.109 e. The number of aryl methyl sites for hydroxylation is 1. The van der Waals surface area contributed by atoms with Crippen molar-refractivity contribution in [2.45, 2.75) is 46.6 Å². The van der Waals surface area contributed by atoms with Gasteiger partial charge in [0.15, 0.2) is 0 Å². The maximum absolute atomic E-state index is 4.49. The Kier molecular flexibility index (Phi) is 2.62. The molecule has 1 aromatic rings. The van der Waals surface area contributed by atoms with Crippen molar-refractivity contribution < 1.29 is 0 Å². The molecular formula is C12H20N2. The molecule has 14 heavy (non-hydrogen) atoms. The Morgan fingerprint density at radius 2 is 2.43 bits per heavy atom. The van der Waals surface area contributed by atoms with E-state index in [-0.39, 0.29) is 0 Å². The molecule has 0 amide bonds. The van der Waals surface area contributed by atoms with Gasteiger partial charge in [-0.15, -0.1) is 0 Å². The van der Waals surface area contributed by atoms with Gasteiger partial charge in [-0.25, -0.2) is 4.98 Å². The number of fused-ring (bicyclic) bond motifs is 1. The summed E-state index contributed by atoms with van der Waals surface area (Å²) in [4.78, 5) is 4.49. The van der Waals surface area contributed by atoms with Crippen LogP contribution in [0.15, 0.2) is 6.20 Å². The predicted molar refractivity (Wildman–Crippen MR) is 58.2 cm³/mol. The fraction of sp³-hybridized carbons (Fsp3) is 0.750. The molecule has 2 atom stereocenters. The third kappa shape index (κ3) is 1.58. The van der Waals surface area contributed by atoms with Crippen LogP contribution < -0.4 is 0 Å². The van der Waals surface area contributed by atoms with Gasteiger partial charge in [-0.3, -0.25) is 0 Å². The first kappa shape index (κ1) is 9.75. The fourth-order valence-electron chi connectivity index (χ4n) is 2.43. The Morgan fingerprint density at radius 3 is 3.14 bits per heavy atom. The lowest BCUT2D eigenvalue weighted by atomic mass is 9.84. The standard InChI is InChI=1S/C12H20N2/c1-4-9(2)11-5-6-14-10(3)8-13-12(14)7-11/h8-9,11H,4-7H2,1-3H3. The monoisotopic (exact) mass is 192 g/mol. The van der Waals surface area contributed by atoms with Gasteiger partial charge in [0.05, 0.1) is 0 Å². The normalized spacial score (nSPS) is 23.2. The Balaban J connectivity index is 2.14. The van der Waals surface area contributed by atoms with E-state index in [0.717, 1.165) is 11.8 Å². The van der Waals surface area contributed by atoms with E-state index in [1.54, 1.807) is 0 Å². The summed E-state index contributed by atoms with van der Waals surface area (Å²) < 4.78 is 2.37. The lowest BCUT2D eigenvalue weighted by Gasteiger charge is -2.28. The van der Waals surface area contributed by atoms with Crippen LogP contribution in [-0.4, -0.2) is 9.55 Å². The summed E-state index contributed by atoms with van der Waals surface area (Å²) in [5.41, 5.74) is 1.32. The molecule has 0 aliphatic carbocycles. The summed E-state index contributed by atoms with van der Waals surface area (Å²) in [5.74, 6) is 3.01. The first-order valence-corrected chi connectivity index (χ1v) is 5.73. The summed E-state index contributed by atoms with van der Waals surface area (Å²) in [7, 11) is 0. The van der Waals surface area contributed by atoms with Crippen LogP contribution in [0.2, 0.25) is 0 Å². The van der Waals surface area contributed by atoms with Crippen LogP contribution in [0.5, 0.6) is 0 Å². The van der Waals surface area contributed by atoms with Gasteiger partial charge in [0.25, 0.3) is 0 Å². The van der Waals surface area contributed by atoms with Crippen LogP contribution in [0, 0.1) is 18.8 Å². The fourth-order valence-corrected chi connectivity index (χ4v) is 2.43. The van der Waals surface area contributed by atoms with Crippen molar-refractivity contribution in [1.29, 1.82) is 0 Å². The molecule has 1 aliphatic heterocycles. The van der Waals surface area contributed by atoms with Crippen LogP contribution in [0.4, 0.5) is 0 Å². The zero-order valence-corrected chi connectivity index (χ0v) is 9.45. The highest BCUT2D eigenvalue weighted by atomic mass is 15.1. The molecular weight excluding hydrogens is 172 g/mol. The average molecular weight is 192 g/mol. The van der Waals surface area contributed by atoms with Gasteiger partial charge >= 0.3 is 0 Å². The third-order valence-corrected chi connectivity index (χ3v) is 3.75. The first-order chi connectivity index (χ1) is 6.72. The summed E-state index contributed by atoms with van der Waals surface area (Å²) in [6.45, 7) is 7.99. The highest BCUT2D eigenvalue weighted by molar-refractivity contribution is 5.06. The van der Waals surface area contributed by atoms with E-state index in [2.05, 4.69) is 30.3 Å². The van der Waals surface area contributed by atoms with Crippen LogP contribution in [0.3, 0.4) is 0 Å². The van der Waals surface area contributed by atoms with E-state index < -0.39 is 0 Å². The van der Waals surface area contributed by atoms with Crippen LogP contribution in [0.25, 0.3) is 0 Å². The number of hydrogen-bond donors (Lipinski definition) is 0. The van der Waals surface area contributed by atoms with Gasteiger partial charge < -0.3 is 4.57 Å². The zero-order valence-electron chi connectivity index (χ0n) is 9.45. The van der Waals surface area contributed by atoms with E-state index in [9.17, 15) is 0 Å². The molecule has 2 nitrogen and oxygen atoms in total. The Bertz CT molecular complexity index is 314. The average Bonchev–Trinajstić information content (AvgIpc) is 2.59. The van der Waals surface area contributed by atoms with E-state index >= 15 is 0 Å². The Hall–Kier alpha value is -0.790. The molecule has 2 unspecified atom stereocenters. The predicted octanol–water partition coefficient (Wildman–Crippen LogP) is 2.80. The molecule has 0 saturated heterocycles.